The third-order valence-corrected chi connectivity index (χ3v) is 3.18. The van der Waals surface area contributed by atoms with Crippen LogP contribution in [0.15, 0.2) is 0 Å². The number of hydrogen-bond donors (Lipinski definition) is 0. The molecule has 2 aromatic rings. The van der Waals surface area contributed by atoms with Crippen LogP contribution in [0.4, 0.5) is 8.78 Å². The minimum Gasteiger partial charge on any atom is -0.307 e. The number of aromatic nitrogens is 4. The summed E-state index contributed by atoms with van der Waals surface area (Å²) in [4.78, 5) is 4.46. The Morgan fingerprint density at radius 2 is 2.05 bits per heavy atom. The topological polar surface area (TPSA) is 35.6 Å². The molecule has 4 nitrogen and oxygen atoms in total. The Bertz CT molecular complexity index is 562. The maximum absolute atomic E-state index is 12.7. The lowest BCUT2D eigenvalue weighted by Gasteiger charge is -2.07. The normalized spacial score (nSPS) is 11.9. The van der Waals surface area contributed by atoms with Crippen LogP contribution in [-0.2, 0) is 26.4 Å². The van der Waals surface area contributed by atoms with E-state index in [1.807, 2.05) is 0 Å². The van der Waals surface area contributed by atoms with E-state index in [1.54, 1.807) is 11.7 Å². The summed E-state index contributed by atoms with van der Waals surface area (Å²) >= 11 is 5.72. The molecular formula is C12H17ClF2N4. The second-order valence-electron chi connectivity index (χ2n) is 4.46. The molecule has 0 aliphatic rings. The minimum atomic E-state index is -2.42. The Morgan fingerprint density at radius 1 is 1.32 bits per heavy atom. The zero-order valence-corrected chi connectivity index (χ0v) is 11.8. The number of alkyl halides is 3. The first-order valence-electron chi connectivity index (χ1n) is 6.33. The molecule has 2 rings (SSSR count). The number of rotatable bonds is 6. The summed E-state index contributed by atoms with van der Waals surface area (Å²) in [5, 5.41) is 4.36. The molecule has 7 heteroatoms. The summed E-state index contributed by atoms with van der Waals surface area (Å²) in [5.41, 5.74) is 2.25. The minimum absolute atomic E-state index is 0.364. The van der Waals surface area contributed by atoms with E-state index in [4.69, 9.17) is 11.6 Å². The van der Waals surface area contributed by atoms with E-state index in [0.717, 1.165) is 24.1 Å². The second kappa shape index (κ2) is 5.86. The van der Waals surface area contributed by atoms with E-state index in [2.05, 4.69) is 17.0 Å². The van der Waals surface area contributed by atoms with Crippen LogP contribution in [0.2, 0.25) is 0 Å². The summed E-state index contributed by atoms with van der Waals surface area (Å²) in [5.74, 6) is 0.971. The zero-order chi connectivity index (χ0) is 14.0. The Labute approximate surface area is 115 Å². The Kier molecular flexibility index (Phi) is 4.39. The van der Waals surface area contributed by atoms with E-state index in [0.29, 0.717) is 23.8 Å². The molecule has 2 aromatic heterocycles. The molecule has 0 unspecified atom stereocenters. The molecule has 106 valence electrons. The average Bonchev–Trinajstić information content (AvgIpc) is 2.81. The van der Waals surface area contributed by atoms with Gasteiger partial charge in [0, 0.05) is 19.3 Å². The third kappa shape index (κ3) is 2.73. The van der Waals surface area contributed by atoms with E-state index in [-0.39, 0.29) is 6.54 Å². The van der Waals surface area contributed by atoms with Crippen molar-refractivity contribution in [2.75, 3.05) is 5.88 Å². The van der Waals surface area contributed by atoms with Crippen molar-refractivity contribution in [3.63, 3.8) is 0 Å². The Hall–Kier alpha value is -1.17. The van der Waals surface area contributed by atoms with Crippen LogP contribution in [0.1, 0.15) is 24.9 Å². The molecule has 0 N–H and O–H groups in total. The zero-order valence-electron chi connectivity index (χ0n) is 11.0. The van der Waals surface area contributed by atoms with Crippen LogP contribution in [-0.4, -0.2) is 31.6 Å². The van der Waals surface area contributed by atoms with Gasteiger partial charge >= 0.3 is 0 Å². The summed E-state index contributed by atoms with van der Waals surface area (Å²) < 4.78 is 28.6. The molecule has 0 atom stereocenters. The smallest absolute Gasteiger partial charge is 0.256 e. The van der Waals surface area contributed by atoms with E-state index in [9.17, 15) is 8.78 Å². The fraction of sp³-hybridized carbons (Fsp3) is 0.667. The number of aryl methyl sites for hydroxylation is 3. The SMILES string of the molecule is CCCc1nn(C)c2c1nc(CCCl)n2CC(F)F. The summed E-state index contributed by atoms with van der Waals surface area (Å²) in [7, 11) is 1.76. The van der Waals surface area contributed by atoms with Crippen molar-refractivity contribution in [2.24, 2.45) is 7.05 Å². The summed E-state index contributed by atoms with van der Waals surface area (Å²) in [6.07, 6.45) is -0.202. The van der Waals surface area contributed by atoms with Gasteiger partial charge in [-0.05, 0) is 6.42 Å². The molecule has 19 heavy (non-hydrogen) atoms. The average molecular weight is 291 g/mol. The maximum Gasteiger partial charge on any atom is 0.256 e. The molecule has 0 amide bonds. The maximum atomic E-state index is 12.7. The molecule has 0 radical (unpaired) electrons. The van der Waals surface area contributed by atoms with Gasteiger partial charge in [0.05, 0.1) is 12.2 Å². The monoisotopic (exact) mass is 290 g/mol. The molecule has 0 aliphatic heterocycles. The van der Waals surface area contributed by atoms with Gasteiger partial charge in [0.25, 0.3) is 6.43 Å². The first-order chi connectivity index (χ1) is 9.08. The van der Waals surface area contributed by atoms with Gasteiger partial charge in [-0.2, -0.15) is 5.10 Å². The van der Waals surface area contributed by atoms with E-state index >= 15 is 0 Å². The predicted molar refractivity (Wildman–Crippen MR) is 70.9 cm³/mol. The highest BCUT2D eigenvalue weighted by molar-refractivity contribution is 6.17. The summed E-state index contributed by atoms with van der Waals surface area (Å²) in [6.45, 7) is 1.68. The molecule has 2 heterocycles. The Balaban J connectivity index is 2.56. The number of nitrogens with zero attached hydrogens (tertiary/aromatic N) is 4. The highest BCUT2D eigenvalue weighted by atomic mass is 35.5. The molecule has 0 fully saturated rings. The molecule has 0 saturated heterocycles. The van der Waals surface area contributed by atoms with Crippen molar-refractivity contribution in [3.8, 4) is 0 Å². The van der Waals surface area contributed by atoms with Crippen molar-refractivity contribution >= 4 is 22.8 Å². The number of hydrogen-bond acceptors (Lipinski definition) is 2. The summed E-state index contributed by atoms with van der Waals surface area (Å²) in [6, 6.07) is 0. The highest BCUT2D eigenvalue weighted by Gasteiger charge is 2.20. The van der Waals surface area contributed by atoms with Crippen LogP contribution >= 0.6 is 11.6 Å². The van der Waals surface area contributed by atoms with Gasteiger partial charge in [-0.15, -0.1) is 11.6 Å². The number of fused-ring (bicyclic) bond motifs is 1. The first-order valence-corrected chi connectivity index (χ1v) is 6.87. The predicted octanol–water partition coefficient (Wildman–Crippen LogP) is 2.77. The lowest BCUT2D eigenvalue weighted by molar-refractivity contribution is 0.126. The molecule has 0 saturated carbocycles. The standard InChI is InChI=1S/C12H17ClF2N4/c1-3-4-8-11-12(18(2)17-8)19(7-9(14)15)10(16-11)5-6-13/h9H,3-7H2,1-2H3. The first kappa shape index (κ1) is 14.2. The quantitative estimate of drug-likeness (QED) is 0.767. The van der Waals surface area contributed by atoms with Gasteiger partial charge < -0.3 is 4.57 Å². The van der Waals surface area contributed by atoms with Crippen molar-refractivity contribution < 1.29 is 8.78 Å². The van der Waals surface area contributed by atoms with Crippen LogP contribution in [0, 0.1) is 0 Å². The molecule has 0 aliphatic carbocycles. The number of halogens is 3. The molecular weight excluding hydrogens is 274 g/mol. The molecule has 0 aromatic carbocycles. The van der Waals surface area contributed by atoms with Gasteiger partial charge in [-0.1, -0.05) is 13.3 Å². The fourth-order valence-corrected chi connectivity index (χ4v) is 2.47. The largest absolute Gasteiger partial charge is 0.307 e. The van der Waals surface area contributed by atoms with Gasteiger partial charge in [0.1, 0.15) is 11.3 Å². The lowest BCUT2D eigenvalue weighted by Crippen LogP contribution is -2.13. The van der Waals surface area contributed by atoms with Gasteiger partial charge in [-0.3, -0.25) is 4.68 Å². The molecule has 0 spiro atoms. The van der Waals surface area contributed by atoms with Crippen molar-refractivity contribution in [3.05, 3.63) is 11.5 Å². The Morgan fingerprint density at radius 3 is 2.63 bits per heavy atom. The van der Waals surface area contributed by atoms with E-state index in [1.165, 1.54) is 4.57 Å². The van der Waals surface area contributed by atoms with Gasteiger partial charge in [-0.25, -0.2) is 13.8 Å². The fourth-order valence-electron chi connectivity index (χ4n) is 2.30. The number of imidazole rings is 1. The van der Waals surface area contributed by atoms with Gasteiger partial charge in [0.15, 0.2) is 5.65 Å². The van der Waals surface area contributed by atoms with Crippen LogP contribution in [0.25, 0.3) is 11.2 Å². The third-order valence-electron chi connectivity index (χ3n) is 3.00. The lowest BCUT2D eigenvalue weighted by atomic mass is 10.2. The van der Waals surface area contributed by atoms with Crippen LogP contribution in [0.3, 0.4) is 0 Å². The second-order valence-corrected chi connectivity index (χ2v) is 4.84. The van der Waals surface area contributed by atoms with Crippen molar-refractivity contribution in [2.45, 2.75) is 39.2 Å². The van der Waals surface area contributed by atoms with Crippen molar-refractivity contribution in [1.29, 1.82) is 0 Å². The van der Waals surface area contributed by atoms with Crippen LogP contribution in [0.5, 0.6) is 0 Å². The highest BCUT2D eigenvalue weighted by Crippen LogP contribution is 2.22. The molecule has 0 bridgehead atoms. The van der Waals surface area contributed by atoms with Crippen LogP contribution < -0.4 is 0 Å². The van der Waals surface area contributed by atoms with Gasteiger partial charge in [0.2, 0.25) is 0 Å². The van der Waals surface area contributed by atoms with Crippen molar-refractivity contribution in [1.82, 2.24) is 19.3 Å². The van der Waals surface area contributed by atoms with E-state index < -0.39 is 6.43 Å².